The Labute approximate surface area is 133 Å². The lowest BCUT2D eigenvalue weighted by Crippen LogP contribution is -2.35. The van der Waals surface area contributed by atoms with Crippen LogP contribution in [0.4, 0.5) is 5.69 Å². The minimum atomic E-state index is 0.0593. The quantitative estimate of drug-likeness (QED) is 0.690. The third-order valence-corrected chi connectivity index (χ3v) is 4.12. The molecule has 0 aromatic heterocycles. The van der Waals surface area contributed by atoms with E-state index in [0.717, 1.165) is 25.1 Å². The molecule has 0 heterocycles. The number of nitrogens with zero attached hydrogens (tertiary/aromatic N) is 1. The van der Waals surface area contributed by atoms with E-state index in [9.17, 15) is 4.79 Å². The first-order valence-corrected chi connectivity index (χ1v) is 8.35. The molecule has 1 aromatic rings. The standard InChI is InChI=1S/C18H28N2O2/c1-14(2)16-7-3-4-8-17(16)19-18(22)13-20(15-9-10-15)11-5-6-12-21/h3-4,7-8,14-15,21H,5-6,9-13H2,1-2H3,(H,19,22). The van der Waals surface area contributed by atoms with Gasteiger partial charge in [0.25, 0.3) is 0 Å². The Morgan fingerprint density at radius 3 is 2.68 bits per heavy atom. The highest BCUT2D eigenvalue weighted by Gasteiger charge is 2.29. The third kappa shape index (κ3) is 5.11. The molecule has 1 fully saturated rings. The van der Waals surface area contributed by atoms with Gasteiger partial charge in [0.15, 0.2) is 0 Å². The molecule has 2 rings (SSSR count). The van der Waals surface area contributed by atoms with Gasteiger partial charge in [0.1, 0.15) is 0 Å². The van der Waals surface area contributed by atoms with Crippen molar-refractivity contribution in [3.05, 3.63) is 29.8 Å². The van der Waals surface area contributed by atoms with Gasteiger partial charge in [-0.3, -0.25) is 9.69 Å². The molecule has 1 amide bonds. The van der Waals surface area contributed by atoms with Crippen molar-refractivity contribution in [2.45, 2.75) is 51.5 Å². The van der Waals surface area contributed by atoms with Crippen LogP contribution in [0.25, 0.3) is 0 Å². The zero-order chi connectivity index (χ0) is 15.9. The number of rotatable bonds is 9. The average Bonchev–Trinajstić information content (AvgIpc) is 3.31. The molecule has 1 aliphatic rings. The van der Waals surface area contributed by atoms with Crippen molar-refractivity contribution in [3.63, 3.8) is 0 Å². The first kappa shape index (κ1) is 17.0. The van der Waals surface area contributed by atoms with E-state index >= 15 is 0 Å². The summed E-state index contributed by atoms with van der Waals surface area (Å²) in [5, 5.41) is 12.0. The molecule has 1 saturated carbocycles. The molecule has 22 heavy (non-hydrogen) atoms. The second kappa shape index (κ2) is 8.30. The van der Waals surface area contributed by atoms with Gasteiger partial charge in [-0.15, -0.1) is 0 Å². The maximum Gasteiger partial charge on any atom is 0.238 e. The highest BCUT2D eigenvalue weighted by Crippen LogP contribution is 2.27. The Hall–Kier alpha value is -1.39. The number of carbonyl (C=O) groups excluding carboxylic acids is 1. The van der Waals surface area contributed by atoms with Gasteiger partial charge in [0.2, 0.25) is 5.91 Å². The number of anilines is 1. The van der Waals surface area contributed by atoms with Crippen LogP contribution in [0.1, 0.15) is 51.0 Å². The van der Waals surface area contributed by atoms with Crippen molar-refractivity contribution in [1.29, 1.82) is 0 Å². The highest BCUT2D eigenvalue weighted by molar-refractivity contribution is 5.93. The molecule has 2 N–H and O–H groups in total. The SMILES string of the molecule is CC(C)c1ccccc1NC(=O)CN(CCCCO)C1CC1. The van der Waals surface area contributed by atoms with Crippen molar-refractivity contribution >= 4 is 11.6 Å². The summed E-state index contributed by atoms with van der Waals surface area (Å²) in [7, 11) is 0. The minimum Gasteiger partial charge on any atom is -0.396 e. The number of hydrogen-bond acceptors (Lipinski definition) is 3. The van der Waals surface area contributed by atoms with E-state index < -0.39 is 0 Å². The predicted molar refractivity (Wildman–Crippen MR) is 90.1 cm³/mol. The van der Waals surface area contributed by atoms with E-state index in [1.54, 1.807) is 0 Å². The lowest BCUT2D eigenvalue weighted by Gasteiger charge is -2.22. The van der Waals surface area contributed by atoms with Gasteiger partial charge in [-0.25, -0.2) is 0 Å². The predicted octanol–water partition coefficient (Wildman–Crippen LogP) is 2.99. The van der Waals surface area contributed by atoms with Crippen molar-refractivity contribution in [1.82, 2.24) is 4.90 Å². The van der Waals surface area contributed by atoms with E-state index in [2.05, 4.69) is 30.1 Å². The highest BCUT2D eigenvalue weighted by atomic mass is 16.2. The fraction of sp³-hybridized carbons (Fsp3) is 0.611. The molecule has 0 spiro atoms. The monoisotopic (exact) mass is 304 g/mol. The van der Waals surface area contributed by atoms with Gasteiger partial charge in [-0.05, 0) is 49.8 Å². The van der Waals surface area contributed by atoms with Gasteiger partial charge in [0, 0.05) is 18.3 Å². The van der Waals surface area contributed by atoms with Gasteiger partial charge < -0.3 is 10.4 Å². The van der Waals surface area contributed by atoms with Crippen molar-refractivity contribution in [2.24, 2.45) is 0 Å². The number of amides is 1. The fourth-order valence-electron chi connectivity index (χ4n) is 2.75. The summed E-state index contributed by atoms with van der Waals surface area (Å²) in [6.07, 6.45) is 4.13. The maximum atomic E-state index is 12.4. The summed E-state index contributed by atoms with van der Waals surface area (Å²) in [5.41, 5.74) is 2.10. The topological polar surface area (TPSA) is 52.6 Å². The zero-order valence-electron chi connectivity index (χ0n) is 13.7. The van der Waals surface area contributed by atoms with Crippen LogP contribution in [0.5, 0.6) is 0 Å². The minimum absolute atomic E-state index is 0.0593. The van der Waals surface area contributed by atoms with Crippen LogP contribution in [0.15, 0.2) is 24.3 Å². The number of para-hydroxylation sites is 1. The van der Waals surface area contributed by atoms with Gasteiger partial charge in [-0.2, -0.15) is 0 Å². The normalized spacial score (nSPS) is 14.6. The van der Waals surface area contributed by atoms with Crippen LogP contribution in [0, 0.1) is 0 Å². The summed E-state index contributed by atoms with van der Waals surface area (Å²) in [6, 6.07) is 8.57. The summed E-state index contributed by atoms with van der Waals surface area (Å²) >= 11 is 0. The summed E-state index contributed by atoms with van der Waals surface area (Å²) in [5.74, 6) is 0.449. The molecule has 1 aromatic carbocycles. The molecule has 0 saturated heterocycles. The smallest absolute Gasteiger partial charge is 0.238 e. The Kier molecular flexibility index (Phi) is 6.40. The zero-order valence-corrected chi connectivity index (χ0v) is 13.7. The number of unbranched alkanes of at least 4 members (excludes halogenated alkanes) is 1. The molecule has 0 aliphatic heterocycles. The Bertz CT molecular complexity index is 484. The van der Waals surface area contributed by atoms with Crippen LogP contribution in [-0.2, 0) is 4.79 Å². The molecule has 122 valence electrons. The first-order chi connectivity index (χ1) is 10.6. The van der Waals surface area contributed by atoms with Crippen LogP contribution < -0.4 is 5.32 Å². The maximum absolute atomic E-state index is 12.4. The number of aliphatic hydroxyl groups excluding tert-OH is 1. The van der Waals surface area contributed by atoms with Crippen LogP contribution in [-0.4, -0.2) is 41.7 Å². The molecular weight excluding hydrogens is 276 g/mol. The Balaban J connectivity index is 1.91. The largest absolute Gasteiger partial charge is 0.396 e. The van der Waals surface area contributed by atoms with Gasteiger partial charge in [-0.1, -0.05) is 32.0 Å². The Morgan fingerprint density at radius 2 is 2.05 bits per heavy atom. The van der Waals surface area contributed by atoms with Crippen LogP contribution in [0.3, 0.4) is 0 Å². The fourth-order valence-corrected chi connectivity index (χ4v) is 2.75. The van der Waals surface area contributed by atoms with E-state index in [4.69, 9.17) is 5.11 Å². The summed E-state index contributed by atoms with van der Waals surface area (Å²) < 4.78 is 0. The Morgan fingerprint density at radius 1 is 1.32 bits per heavy atom. The van der Waals surface area contributed by atoms with E-state index in [-0.39, 0.29) is 12.5 Å². The molecule has 0 radical (unpaired) electrons. The number of carbonyl (C=O) groups is 1. The molecule has 0 atom stereocenters. The van der Waals surface area contributed by atoms with E-state index in [1.807, 2.05) is 18.2 Å². The third-order valence-electron chi connectivity index (χ3n) is 4.12. The number of benzene rings is 1. The van der Waals surface area contributed by atoms with Crippen molar-refractivity contribution < 1.29 is 9.90 Å². The molecule has 4 nitrogen and oxygen atoms in total. The van der Waals surface area contributed by atoms with Crippen LogP contribution in [0.2, 0.25) is 0 Å². The average molecular weight is 304 g/mol. The lowest BCUT2D eigenvalue weighted by atomic mass is 10.0. The van der Waals surface area contributed by atoms with E-state index in [0.29, 0.717) is 18.5 Å². The molecule has 0 unspecified atom stereocenters. The van der Waals surface area contributed by atoms with Crippen molar-refractivity contribution in [3.8, 4) is 0 Å². The second-order valence-electron chi connectivity index (χ2n) is 6.42. The first-order valence-electron chi connectivity index (χ1n) is 8.35. The molecule has 0 bridgehead atoms. The van der Waals surface area contributed by atoms with Crippen LogP contribution >= 0.6 is 0 Å². The molecular formula is C18H28N2O2. The van der Waals surface area contributed by atoms with Gasteiger partial charge in [0.05, 0.1) is 6.54 Å². The second-order valence-corrected chi connectivity index (χ2v) is 6.42. The number of hydrogen-bond donors (Lipinski definition) is 2. The number of aliphatic hydroxyl groups is 1. The van der Waals surface area contributed by atoms with E-state index in [1.165, 1.54) is 18.4 Å². The van der Waals surface area contributed by atoms with Gasteiger partial charge >= 0.3 is 0 Å². The summed E-state index contributed by atoms with van der Waals surface area (Å²) in [4.78, 5) is 14.6. The molecule has 4 heteroatoms. The lowest BCUT2D eigenvalue weighted by molar-refractivity contribution is -0.117. The van der Waals surface area contributed by atoms with Crippen molar-refractivity contribution in [2.75, 3.05) is 25.0 Å². The number of nitrogens with one attached hydrogen (secondary N) is 1. The summed E-state index contributed by atoms with van der Waals surface area (Å²) in [6.45, 7) is 5.84. The molecule has 1 aliphatic carbocycles.